The predicted octanol–water partition coefficient (Wildman–Crippen LogP) is 5.00. The lowest BCUT2D eigenvalue weighted by Crippen LogP contribution is -2.33. The minimum Gasteiger partial charge on any atom is -0.472 e. The molecule has 4 rings (SSSR count). The van der Waals surface area contributed by atoms with Gasteiger partial charge in [-0.3, -0.25) is 0 Å². The van der Waals surface area contributed by atoms with Crippen molar-refractivity contribution < 1.29 is 9.15 Å². The zero-order valence-electron chi connectivity index (χ0n) is 16.8. The van der Waals surface area contributed by atoms with Gasteiger partial charge in [-0.05, 0) is 64.3 Å². The van der Waals surface area contributed by atoms with Crippen LogP contribution in [0.5, 0.6) is 5.75 Å². The topological polar surface area (TPSA) is 42.7 Å². The zero-order valence-corrected chi connectivity index (χ0v) is 16.8. The summed E-state index contributed by atoms with van der Waals surface area (Å²) in [7, 11) is 0. The minimum absolute atomic E-state index is 0.272. The molecule has 0 N–H and O–H groups in total. The Bertz CT molecular complexity index is 1120. The highest BCUT2D eigenvalue weighted by Crippen LogP contribution is 2.38. The highest BCUT2D eigenvalue weighted by molar-refractivity contribution is 5.87. The molecule has 3 aromatic rings. The number of hydrogen-bond acceptors (Lipinski definition) is 4. The van der Waals surface area contributed by atoms with Crippen LogP contribution in [-0.4, -0.2) is 6.73 Å². The first-order valence-electron chi connectivity index (χ1n) is 9.30. The summed E-state index contributed by atoms with van der Waals surface area (Å²) in [4.78, 5) is 14.4. The maximum absolute atomic E-state index is 12.1. The van der Waals surface area contributed by atoms with Gasteiger partial charge in [0, 0.05) is 34.3 Å². The molecule has 0 bridgehead atoms. The molecule has 0 fully saturated rings. The Morgan fingerprint density at radius 1 is 0.889 bits per heavy atom. The molecule has 27 heavy (non-hydrogen) atoms. The van der Waals surface area contributed by atoms with E-state index in [4.69, 9.17) is 9.15 Å². The van der Waals surface area contributed by atoms with Crippen LogP contribution in [0.3, 0.4) is 0 Å². The molecule has 2 aromatic carbocycles. The first-order valence-corrected chi connectivity index (χ1v) is 9.30. The van der Waals surface area contributed by atoms with Crippen molar-refractivity contribution in [1.29, 1.82) is 0 Å². The second-order valence-corrected chi connectivity index (χ2v) is 7.72. The van der Waals surface area contributed by atoms with Gasteiger partial charge >= 0.3 is 5.63 Å². The number of benzene rings is 2. The lowest BCUT2D eigenvalue weighted by Gasteiger charge is -2.34. The number of rotatable bonds is 1. The minimum atomic E-state index is -0.272. The van der Waals surface area contributed by atoms with E-state index in [1.807, 2.05) is 20.8 Å². The predicted molar refractivity (Wildman–Crippen MR) is 109 cm³/mol. The SMILES string of the molecule is Cc1cc(C)c(N2COc3c(cc4c(C)c(C)c(=O)oc4c3C)C2)c(C)c1. The molecule has 1 aliphatic heterocycles. The Morgan fingerprint density at radius 2 is 1.56 bits per heavy atom. The molecule has 0 spiro atoms. The molecule has 0 unspecified atom stereocenters. The molecule has 1 aliphatic rings. The Kier molecular flexibility index (Phi) is 4.02. The van der Waals surface area contributed by atoms with Crippen molar-refractivity contribution in [3.05, 3.63) is 67.6 Å². The third-order valence-corrected chi connectivity index (χ3v) is 5.68. The largest absolute Gasteiger partial charge is 0.472 e. The molecule has 4 heteroatoms. The van der Waals surface area contributed by atoms with E-state index in [0.717, 1.165) is 34.4 Å². The number of aryl methyl sites for hydroxylation is 5. The third-order valence-electron chi connectivity index (χ3n) is 5.68. The molecule has 0 saturated heterocycles. The fraction of sp³-hybridized carbons (Fsp3) is 0.348. The standard InChI is InChI=1S/C23H25NO3/c1-12-7-13(2)20(14(3)8-12)24-10-18-9-19-15(4)16(5)23(25)27-22(19)17(6)21(18)26-11-24/h7-9H,10-11H2,1-6H3. The summed E-state index contributed by atoms with van der Waals surface area (Å²) >= 11 is 0. The maximum atomic E-state index is 12.1. The van der Waals surface area contributed by atoms with Gasteiger partial charge in [0.15, 0.2) is 6.73 Å². The lowest BCUT2D eigenvalue weighted by molar-refractivity contribution is 0.287. The van der Waals surface area contributed by atoms with Crippen LogP contribution in [0.1, 0.15) is 38.9 Å². The Morgan fingerprint density at radius 3 is 2.22 bits per heavy atom. The summed E-state index contributed by atoms with van der Waals surface area (Å²) in [6.45, 7) is 13.5. The lowest BCUT2D eigenvalue weighted by atomic mass is 9.98. The van der Waals surface area contributed by atoms with Crippen LogP contribution in [0.4, 0.5) is 5.69 Å². The number of hydrogen-bond donors (Lipinski definition) is 0. The van der Waals surface area contributed by atoms with E-state index in [9.17, 15) is 4.79 Å². The van der Waals surface area contributed by atoms with Crippen molar-refractivity contribution in [3.63, 3.8) is 0 Å². The van der Waals surface area contributed by atoms with Crippen molar-refractivity contribution in [2.45, 2.75) is 48.1 Å². The maximum Gasteiger partial charge on any atom is 0.339 e. The molecular weight excluding hydrogens is 338 g/mol. The van der Waals surface area contributed by atoms with Crippen LogP contribution < -0.4 is 15.3 Å². The first-order chi connectivity index (χ1) is 12.8. The van der Waals surface area contributed by atoms with Crippen molar-refractivity contribution in [1.82, 2.24) is 0 Å². The Labute approximate surface area is 159 Å². The van der Waals surface area contributed by atoms with Gasteiger partial charge in [-0.2, -0.15) is 0 Å². The normalized spacial score (nSPS) is 13.6. The summed E-state index contributed by atoms with van der Waals surface area (Å²) in [6, 6.07) is 6.55. The van der Waals surface area contributed by atoms with Gasteiger partial charge in [0.25, 0.3) is 0 Å². The van der Waals surface area contributed by atoms with Gasteiger partial charge in [-0.25, -0.2) is 4.79 Å². The summed E-state index contributed by atoms with van der Waals surface area (Å²) < 4.78 is 11.7. The van der Waals surface area contributed by atoms with Gasteiger partial charge < -0.3 is 14.1 Å². The van der Waals surface area contributed by atoms with Crippen LogP contribution in [0.15, 0.2) is 27.4 Å². The number of fused-ring (bicyclic) bond motifs is 2. The Balaban J connectivity index is 1.86. The van der Waals surface area contributed by atoms with Gasteiger partial charge in [0.05, 0.1) is 0 Å². The van der Waals surface area contributed by atoms with Gasteiger partial charge in [0.2, 0.25) is 0 Å². The molecule has 1 aromatic heterocycles. The monoisotopic (exact) mass is 363 g/mol. The molecule has 4 nitrogen and oxygen atoms in total. The number of anilines is 1. The molecule has 0 amide bonds. The van der Waals surface area contributed by atoms with E-state index in [0.29, 0.717) is 17.9 Å². The van der Waals surface area contributed by atoms with Crippen molar-refractivity contribution in [3.8, 4) is 5.75 Å². The first kappa shape index (κ1) is 17.7. The molecule has 2 heterocycles. The molecule has 0 aliphatic carbocycles. The average molecular weight is 363 g/mol. The van der Waals surface area contributed by atoms with Crippen molar-refractivity contribution in [2.24, 2.45) is 0 Å². The van der Waals surface area contributed by atoms with Crippen LogP contribution in [0.2, 0.25) is 0 Å². The van der Waals surface area contributed by atoms with E-state index in [-0.39, 0.29) is 5.63 Å². The average Bonchev–Trinajstić information content (AvgIpc) is 2.60. The van der Waals surface area contributed by atoms with E-state index in [2.05, 4.69) is 43.9 Å². The second-order valence-electron chi connectivity index (χ2n) is 7.72. The Hall–Kier alpha value is -2.75. The summed E-state index contributed by atoms with van der Waals surface area (Å²) in [5, 5.41) is 0.992. The summed E-state index contributed by atoms with van der Waals surface area (Å²) in [5.74, 6) is 0.840. The van der Waals surface area contributed by atoms with E-state index in [1.54, 1.807) is 0 Å². The van der Waals surface area contributed by atoms with Crippen LogP contribution in [0.25, 0.3) is 11.0 Å². The summed E-state index contributed by atoms with van der Waals surface area (Å²) in [5.41, 5.74) is 9.07. The molecule has 0 radical (unpaired) electrons. The second kappa shape index (κ2) is 6.15. The van der Waals surface area contributed by atoms with E-state index in [1.165, 1.54) is 22.4 Å². The highest BCUT2D eigenvalue weighted by atomic mass is 16.5. The van der Waals surface area contributed by atoms with E-state index >= 15 is 0 Å². The van der Waals surface area contributed by atoms with Gasteiger partial charge in [0.1, 0.15) is 11.3 Å². The number of ether oxygens (including phenoxy) is 1. The van der Waals surface area contributed by atoms with Gasteiger partial charge in [-0.1, -0.05) is 17.7 Å². The fourth-order valence-electron chi connectivity index (χ4n) is 4.31. The molecular formula is C23H25NO3. The van der Waals surface area contributed by atoms with Crippen molar-refractivity contribution in [2.75, 3.05) is 11.6 Å². The number of nitrogens with zero attached hydrogens (tertiary/aromatic N) is 1. The van der Waals surface area contributed by atoms with Crippen LogP contribution in [-0.2, 0) is 6.54 Å². The van der Waals surface area contributed by atoms with Crippen molar-refractivity contribution >= 4 is 16.7 Å². The van der Waals surface area contributed by atoms with Crippen LogP contribution >= 0.6 is 0 Å². The zero-order chi connectivity index (χ0) is 19.5. The highest BCUT2D eigenvalue weighted by Gasteiger charge is 2.25. The molecule has 0 atom stereocenters. The quantitative estimate of drug-likeness (QED) is 0.571. The molecule has 140 valence electrons. The third kappa shape index (κ3) is 2.71. The fourth-order valence-corrected chi connectivity index (χ4v) is 4.31. The van der Waals surface area contributed by atoms with E-state index < -0.39 is 0 Å². The smallest absolute Gasteiger partial charge is 0.339 e. The van der Waals surface area contributed by atoms with Crippen LogP contribution in [0, 0.1) is 41.5 Å². The van der Waals surface area contributed by atoms with Gasteiger partial charge in [-0.15, -0.1) is 0 Å². The summed E-state index contributed by atoms with van der Waals surface area (Å²) in [6.07, 6.45) is 0. The molecule has 0 saturated carbocycles.